The largest absolute Gasteiger partial charge is 2.00 e. The number of nitrogens with one attached hydrogen (secondary N) is 1. The van der Waals surface area contributed by atoms with E-state index in [-0.39, 0.29) is 32.9 Å². The van der Waals surface area contributed by atoms with Crippen LogP contribution in [0.1, 0.15) is 12.8 Å². The van der Waals surface area contributed by atoms with Crippen molar-refractivity contribution in [2.24, 2.45) is 11.5 Å². The Morgan fingerprint density at radius 3 is 1.33 bits per heavy atom. The summed E-state index contributed by atoms with van der Waals surface area (Å²) in [6.07, 6.45) is 2.12. The summed E-state index contributed by atoms with van der Waals surface area (Å²) < 4.78 is 34.1. The zero-order valence-electron chi connectivity index (χ0n) is 9.91. The van der Waals surface area contributed by atoms with Gasteiger partial charge in [0.2, 0.25) is 0 Å². The predicted molar refractivity (Wildman–Crippen MR) is 64.0 cm³/mol. The minimum Gasteiger partial charge on any atom is -0.759 e. The molecule has 0 radical (unpaired) electrons. The second kappa shape index (κ2) is 25.8. The molecule has 0 amide bonds. The fourth-order valence-corrected chi connectivity index (χ4v) is 0.579. The molecule has 120 valence electrons. The molecule has 13 N–H and O–H groups in total. The molecule has 0 aliphatic carbocycles. The topological polar surface area (TPSA) is 242 Å². The van der Waals surface area contributed by atoms with Crippen molar-refractivity contribution in [3.8, 4) is 0 Å². The third kappa shape index (κ3) is 98.3. The predicted octanol–water partition coefficient (Wildman–Crippen LogP) is -4.74. The molecule has 0 spiro atoms. The van der Waals surface area contributed by atoms with Gasteiger partial charge in [0, 0.05) is 10.4 Å². The van der Waals surface area contributed by atoms with E-state index in [9.17, 15) is 0 Å². The van der Waals surface area contributed by atoms with Crippen LogP contribution < -0.4 is 16.8 Å². The summed E-state index contributed by atoms with van der Waals surface area (Å²) >= 11 is 0. The van der Waals surface area contributed by atoms with E-state index in [1.165, 1.54) is 0 Å². The molecular weight excluding hydrogens is 317 g/mol. The second-order valence-electron chi connectivity index (χ2n) is 2.44. The zero-order chi connectivity index (χ0) is 11.4. The van der Waals surface area contributed by atoms with E-state index in [0.29, 0.717) is 0 Å². The van der Waals surface area contributed by atoms with Crippen LogP contribution in [0.25, 0.3) is 0 Å². The van der Waals surface area contributed by atoms with Crippen molar-refractivity contribution < 1.29 is 50.4 Å². The van der Waals surface area contributed by atoms with Gasteiger partial charge in [-0.05, 0) is 39.0 Å². The molecule has 0 aliphatic rings. The quantitative estimate of drug-likeness (QED) is 0.140. The number of hydrogen-bond donors (Lipinski definition) is 3. The first-order valence-corrected chi connectivity index (χ1v) is 5.52. The summed E-state index contributed by atoms with van der Waals surface area (Å²) in [4.78, 5) is 0. The van der Waals surface area contributed by atoms with E-state index in [4.69, 9.17) is 29.0 Å². The normalized spacial score (nSPS) is 8.22. The molecule has 0 saturated carbocycles. The van der Waals surface area contributed by atoms with Crippen LogP contribution in [0.5, 0.6) is 0 Å². The summed E-state index contributed by atoms with van der Waals surface area (Å²) in [5.41, 5.74) is 10.6. The van der Waals surface area contributed by atoms with Crippen molar-refractivity contribution in [2.45, 2.75) is 12.8 Å². The molecule has 0 fully saturated rings. The molecule has 0 aromatic heterocycles. The Morgan fingerprint density at radius 1 is 0.944 bits per heavy atom. The van der Waals surface area contributed by atoms with Crippen molar-refractivity contribution in [3.63, 3.8) is 0 Å². The first kappa shape index (κ1) is 36.2. The number of hydrogen-bond acceptors (Lipinski definition) is 7. The van der Waals surface area contributed by atoms with Crippen molar-refractivity contribution in [1.29, 1.82) is 0 Å². The van der Waals surface area contributed by atoms with Crippen molar-refractivity contribution in [2.75, 3.05) is 26.2 Å². The van der Waals surface area contributed by atoms with Gasteiger partial charge in [0.25, 0.3) is 0 Å². The van der Waals surface area contributed by atoms with Crippen LogP contribution in [-0.4, -0.2) is 49.2 Å². The van der Waals surface area contributed by atoms with Crippen LogP contribution in [0, 0.1) is 0 Å². The minimum absolute atomic E-state index is 0. The molecule has 0 aromatic carbocycles. The summed E-state index contributed by atoms with van der Waals surface area (Å²) in [6, 6.07) is 0. The van der Waals surface area contributed by atoms with Gasteiger partial charge in [-0.25, -0.2) is 0 Å². The summed E-state index contributed by atoms with van der Waals surface area (Å²) in [7, 11) is -5.17. The molecule has 0 unspecified atom stereocenters. The molecular formula is C6H25N3NiO7S+2. The van der Waals surface area contributed by atoms with E-state index in [1.807, 2.05) is 0 Å². The fraction of sp³-hybridized carbons (Fsp3) is 1.00. The van der Waals surface area contributed by atoms with E-state index in [2.05, 4.69) is 5.32 Å². The van der Waals surface area contributed by atoms with Crippen LogP contribution in [0.4, 0.5) is 0 Å². The van der Waals surface area contributed by atoms with Crippen LogP contribution in [0.15, 0.2) is 0 Å². The number of nitrogens with two attached hydrogens (primary N) is 2. The fourth-order valence-electron chi connectivity index (χ4n) is 0.579. The first-order valence-electron chi connectivity index (χ1n) is 4.19. The van der Waals surface area contributed by atoms with Gasteiger partial charge < -0.3 is 42.3 Å². The van der Waals surface area contributed by atoms with Crippen molar-refractivity contribution in [1.82, 2.24) is 5.32 Å². The molecule has 0 saturated heterocycles. The zero-order valence-corrected chi connectivity index (χ0v) is 11.7. The van der Waals surface area contributed by atoms with E-state index < -0.39 is 10.4 Å². The maximum absolute atomic E-state index is 8.52. The van der Waals surface area contributed by atoms with Crippen LogP contribution >= 0.6 is 0 Å². The monoisotopic (exact) mass is 341 g/mol. The summed E-state index contributed by atoms with van der Waals surface area (Å²) in [5.74, 6) is 0. The van der Waals surface area contributed by atoms with Gasteiger partial charge in [-0.15, -0.1) is 0 Å². The van der Waals surface area contributed by atoms with Gasteiger partial charge in [-0.2, -0.15) is 0 Å². The maximum atomic E-state index is 8.52. The minimum atomic E-state index is -5.17. The van der Waals surface area contributed by atoms with Gasteiger partial charge in [-0.1, -0.05) is 0 Å². The average Bonchev–Trinajstić information content (AvgIpc) is 2.01. The van der Waals surface area contributed by atoms with Crippen molar-refractivity contribution >= 4 is 10.4 Å². The Kier molecular flexibility index (Phi) is 51.9. The molecule has 18 heavy (non-hydrogen) atoms. The van der Waals surface area contributed by atoms with Gasteiger partial charge in [0.15, 0.2) is 0 Å². The Morgan fingerprint density at radius 2 is 1.17 bits per heavy atom. The number of rotatable bonds is 6. The second-order valence-corrected chi connectivity index (χ2v) is 3.26. The molecule has 0 bridgehead atoms. The molecule has 12 heteroatoms. The smallest absolute Gasteiger partial charge is 0.759 e. The molecule has 0 rings (SSSR count). The molecule has 0 heterocycles. The van der Waals surface area contributed by atoms with Gasteiger partial charge in [0.05, 0.1) is 0 Å². The van der Waals surface area contributed by atoms with Crippen LogP contribution in [0.3, 0.4) is 0 Å². The van der Waals surface area contributed by atoms with Crippen LogP contribution in [-0.2, 0) is 37.8 Å². The van der Waals surface area contributed by atoms with E-state index in [1.54, 1.807) is 0 Å². The third-order valence-electron chi connectivity index (χ3n) is 1.12. The maximum Gasteiger partial charge on any atom is 2.00 e. The van der Waals surface area contributed by atoms with E-state index in [0.717, 1.165) is 39.0 Å². The summed E-state index contributed by atoms with van der Waals surface area (Å²) in [6.45, 7) is 3.60. The third-order valence-corrected chi connectivity index (χ3v) is 1.12. The average molecular weight is 342 g/mol. The van der Waals surface area contributed by atoms with Gasteiger partial charge >= 0.3 is 16.5 Å². The van der Waals surface area contributed by atoms with Crippen molar-refractivity contribution in [3.05, 3.63) is 0 Å². The standard InChI is InChI=1S/C6H17N3.Ni.H2O4S.3H2O/c7-3-1-5-9-6-2-4-8;;1-5(2,3)4;;;/h9H,1-8H2;;(H2,1,2,3,4);3*1H2/q;+2;;;;. The Balaban J connectivity index is -0.0000000359. The molecule has 10 nitrogen and oxygen atoms in total. The van der Waals surface area contributed by atoms with Crippen LogP contribution in [0.2, 0.25) is 0 Å². The Hall–Kier alpha value is 0.124. The molecule has 0 aromatic rings. The molecule has 0 atom stereocenters. The SMILES string of the molecule is NCCCNCCCN.O.O=S(=O)([O-])[O-].[Ni+2].[OH3+].[OH3+]. The van der Waals surface area contributed by atoms with Gasteiger partial charge in [0.1, 0.15) is 0 Å². The van der Waals surface area contributed by atoms with Gasteiger partial charge in [-0.3, -0.25) is 8.42 Å². The summed E-state index contributed by atoms with van der Waals surface area (Å²) in [5, 5.41) is 3.23. The Labute approximate surface area is 117 Å². The Bertz CT molecular complexity index is 191. The van der Waals surface area contributed by atoms with E-state index >= 15 is 0 Å². The molecule has 0 aliphatic heterocycles. The first-order chi connectivity index (χ1) is 6.41.